The average Bonchev–Trinajstić information content (AvgIpc) is 3.20. The fraction of sp³-hybridized carbons (Fsp3) is 0.655. The molecule has 0 amide bonds. The second-order valence-corrected chi connectivity index (χ2v) is 11.7. The van der Waals surface area contributed by atoms with Crippen molar-refractivity contribution in [3.8, 4) is 0 Å². The average molecular weight is 517 g/mol. The third kappa shape index (κ3) is 4.63. The molecule has 7 atom stereocenters. The number of rotatable bonds is 7. The molecule has 1 heterocycles. The van der Waals surface area contributed by atoms with E-state index in [2.05, 4.69) is 13.2 Å². The minimum atomic E-state index is -1.83. The van der Waals surface area contributed by atoms with Gasteiger partial charge in [0.25, 0.3) is 0 Å². The van der Waals surface area contributed by atoms with E-state index in [0.717, 1.165) is 0 Å². The summed E-state index contributed by atoms with van der Waals surface area (Å²) in [6.45, 7) is 18.3. The monoisotopic (exact) mass is 516 g/mol. The summed E-state index contributed by atoms with van der Waals surface area (Å²) >= 11 is 0. The van der Waals surface area contributed by atoms with Crippen LogP contribution in [0.5, 0.6) is 0 Å². The molecule has 3 aliphatic rings. The van der Waals surface area contributed by atoms with E-state index in [1.807, 2.05) is 13.8 Å². The van der Waals surface area contributed by atoms with Gasteiger partial charge in [0.2, 0.25) is 0 Å². The van der Waals surface area contributed by atoms with Crippen LogP contribution in [0.15, 0.2) is 36.0 Å². The van der Waals surface area contributed by atoms with Crippen LogP contribution < -0.4 is 0 Å². The molecule has 3 rings (SSSR count). The van der Waals surface area contributed by atoms with E-state index in [-0.39, 0.29) is 36.7 Å². The smallest absolute Gasteiger partial charge is 0.333 e. The number of fused-ring (bicyclic) bond motifs is 1. The van der Waals surface area contributed by atoms with E-state index in [1.54, 1.807) is 33.8 Å². The summed E-state index contributed by atoms with van der Waals surface area (Å²) in [6, 6.07) is 0. The molecule has 0 aromatic rings. The van der Waals surface area contributed by atoms with E-state index >= 15 is 0 Å². The number of carbonyl (C=O) groups excluding carboxylic acids is 4. The summed E-state index contributed by atoms with van der Waals surface area (Å²) in [5.41, 5.74) is -3.08. The van der Waals surface area contributed by atoms with Gasteiger partial charge in [0, 0.05) is 28.2 Å². The summed E-state index contributed by atoms with van der Waals surface area (Å²) in [6.07, 6.45) is -0.625. The molecule has 0 aromatic heterocycles. The molecule has 2 saturated carbocycles. The molecule has 0 aromatic carbocycles. The van der Waals surface area contributed by atoms with E-state index in [1.165, 1.54) is 0 Å². The predicted molar refractivity (Wildman–Crippen MR) is 136 cm³/mol. The number of ketones is 2. The molecular weight excluding hydrogens is 476 g/mol. The summed E-state index contributed by atoms with van der Waals surface area (Å²) in [5, 5.41) is 22.7. The van der Waals surface area contributed by atoms with Gasteiger partial charge in [-0.1, -0.05) is 52.5 Å². The Morgan fingerprint density at radius 1 is 1.24 bits per heavy atom. The van der Waals surface area contributed by atoms with E-state index in [0.29, 0.717) is 24.0 Å². The Bertz CT molecular complexity index is 1070. The van der Waals surface area contributed by atoms with Gasteiger partial charge in [-0.05, 0) is 44.6 Å². The summed E-state index contributed by atoms with van der Waals surface area (Å²) in [7, 11) is 0. The van der Waals surface area contributed by atoms with Crippen molar-refractivity contribution in [3.63, 3.8) is 0 Å². The van der Waals surface area contributed by atoms with Crippen molar-refractivity contribution >= 4 is 23.5 Å². The van der Waals surface area contributed by atoms with Crippen LogP contribution in [0.1, 0.15) is 67.2 Å². The van der Waals surface area contributed by atoms with Crippen LogP contribution in [0.4, 0.5) is 0 Å². The zero-order chi connectivity index (χ0) is 28.1. The zero-order valence-corrected chi connectivity index (χ0v) is 22.8. The lowest BCUT2D eigenvalue weighted by Crippen LogP contribution is -2.64. The van der Waals surface area contributed by atoms with Crippen LogP contribution in [0, 0.1) is 28.6 Å². The number of esters is 2. The fourth-order valence-electron chi connectivity index (χ4n) is 6.59. The highest BCUT2D eigenvalue weighted by Crippen LogP contribution is 2.64. The third-order valence-corrected chi connectivity index (χ3v) is 9.14. The molecule has 2 aliphatic carbocycles. The number of carbonyl (C=O) groups is 4. The van der Waals surface area contributed by atoms with Crippen molar-refractivity contribution in [2.45, 2.75) is 85.0 Å². The molecule has 0 radical (unpaired) electrons. The molecule has 0 unspecified atom stereocenters. The topological polar surface area (TPSA) is 127 Å². The van der Waals surface area contributed by atoms with Crippen molar-refractivity contribution in [2.24, 2.45) is 28.6 Å². The van der Waals surface area contributed by atoms with Crippen LogP contribution in [0.25, 0.3) is 0 Å². The summed E-state index contributed by atoms with van der Waals surface area (Å²) in [4.78, 5) is 51.8. The lowest BCUT2D eigenvalue weighted by atomic mass is 9.43. The molecule has 8 nitrogen and oxygen atoms in total. The number of hydrogen-bond acceptors (Lipinski definition) is 8. The van der Waals surface area contributed by atoms with Crippen molar-refractivity contribution in [2.75, 3.05) is 6.61 Å². The molecule has 1 saturated heterocycles. The number of aliphatic hydroxyl groups excluding tert-OH is 1. The van der Waals surface area contributed by atoms with Crippen molar-refractivity contribution < 1.29 is 38.9 Å². The molecular formula is C29H40O8. The Morgan fingerprint density at radius 2 is 1.86 bits per heavy atom. The molecule has 2 N–H and O–H groups in total. The minimum absolute atomic E-state index is 0.000642. The number of allylic oxidation sites excluding steroid dienone is 1. The Morgan fingerprint density at radius 3 is 2.38 bits per heavy atom. The number of Topliss-reactive ketones (excluding diaryl/α,β-unsaturated/α-hetero) is 2. The summed E-state index contributed by atoms with van der Waals surface area (Å²) < 4.78 is 10.8. The second kappa shape index (κ2) is 9.95. The standard InChI is InChI=1S/C29H40O8/c1-9-16(4)26(34)37-20(29(35)13-21(30)36-14-29)12-27(7)18(6)23(32)25(33)28(8)17(5)10-11-19(24(27)28)22(31)15(2)3/h9,15,19-20,24-25,33,35H,5-6,10-14H2,1-4,7-8H3/b16-9+/t19-,20+,24+,25-,27-,28-,29+/m0/s1. The van der Waals surface area contributed by atoms with Gasteiger partial charge < -0.3 is 19.7 Å². The molecule has 0 bridgehead atoms. The fourth-order valence-corrected chi connectivity index (χ4v) is 6.59. The van der Waals surface area contributed by atoms with E-state index in [9.17, 15) is 29.4 Å². The van der Waals surface area contributed by atoms with Gasteiger partial charge in [-0.25, -0.2) is 4.79 Å². The quantitative estimate of drug-likeness (QED) is 0.300. The Hall–Kier alpha value is -2.58. The number of ether oxygens (including phenoxy) is 2. The van der Waals surface area contributed by atoms with Crippen molar-refractivity contribution in [1.82, 2.24) is 0 Å². The van der Waals surface area contributed by atoms with Crippen LogP contribution >= 0.6 is 0 Å². The van der Waals surface area contributed by atoms with E-state index < -0.39 is 58.2 Å². The van der Waals surface area contributed by atoms with Gasteiger partial charge in [0.05, 0.1) is 6.42 Å². The number of aliphatic hydroxyl groups is 2. The normalized spacial score (nSPS) is 37.3. The molecule has 3 fully saturated rings. The molecule has 204 valence electrons. The Labute approximate surface area is 218 Å². The predicted octanol–water partition coefficient (Wildman–Crippen LogP) is 3.25. The highest BCUT2D eigenvalue weighted by molar-refractivity contribution is 6.02. The SMILES string of the molecule is C=C1CC[C@@H](C(=O)C(C)C)[C@H]2[C@@]1(C)[C@@H](O)C(=O)C(=C)[C@]2(C)C[C@@H](OC(=O)/C(C)=C/C)[C@]1(O)COC(=O)C1. The van der Waals surface area contributed by atoms with Crippen LogP contribution in [-0.4, -0.2) is 58.1 Å². The Kier molecular flexibility index (Phi) is 7.79. The van der Waals surface area contributed by atoms with Gasteiger partial charge in [0.1, 0.15) is 30.2 Å². The van der Waals surface area contributed by atoms with Gasteiger partial charge >= 0.3 is 11.9 Å². The van der Waals surface area contributed by atoms with Crippen LogP contribution in [-0.2, 0) is 28.7 Å². The second-order valence-electron chi connectivity index (χ2n) is 11.7. The largest absolute Gasteiger partial charge is 0.462 e. The van der Waals surface area contributed by atoms with Gasteiger partial charge in [-0.2, -0.15) is 0 Å². The highest BCUT2D eigenvalue weighted by atomic mass is 16.6. The first kappa shape index (κ1) is 29.0. The van der Waals surface area contributed by atoms with Crippen LogP contribution in [0.2, 0.25) is 0 Å². The molecule has 0 spiro atoms. The van der Waals surface area contributed by atoms with E-state index in [4.69, 9.17) is 9.47 Å². The maximum atomic E-state index is 13.5. The summed E-state index contributed by atoms with van der Waals surface area (Å²) in [5.74, 6) is -3.30. The van der Waals surface area contributed by atoms with Crippen molar-refractivity contribution in [1.29, 1.82) is 0 Å². The lowest BCUT2D eigenvalue weighted by Gasteiger charge is -2.61. The van der Waals surface area contributed by atoms with Gasteiger partial charge in [0.15, 0.2) is 5.78 Å². The number of cyclic esters (lactones) is 1. The molecule has 8 heteroatoms. The van der Waals surface area contributed by atoms with Gasteiger partial charge in [-0.3, -0.25) is 14.4 Å². The molecule has 37 heavy (non-hydrogen) atoms. The third-order valence-electron chi connectivity index (χ3n) is 9.14. The van der Waals surface area contributed by atoms with Gasteiger partial charge in [-0.15, -0.1) is 0 Å². The first-order valence-electron chi connectivity index (χ1n) is 12.9. The lowest BCUT2D eigenvalue weighted by molar-refractivity contribution is -0.176. The van der Waals surface area contributed by atoms with Crippen LogP contribution in [0.3, 0.4) is 0 Å². The minimum Gasteiger partial charge on any atom is -0.462 e. The zero-order valence-electron chi connectivity index (χ0n) is 22.8. The molecule has 1 aliphatic heterocycles. The van der Waals surface area contributed by atoms with Crippen molar-refractivity contribution in [3.05, 3.63) is 36.0 Å². The first-order valence-corrected chi connectivity index (χ1v) is 12.9. The Balaban J connectivity index is 2.19. The maximum absolute atomic E-state index is 13.5. The first-order chi connectivity index (χ1) is 17.0. The number of hydrogen-bond donors (Lipinski definition) is 2. The highest BCUT2D eigenvalue weighted by Gasteiger charge is 2.66. The maximum Gasteiger partial charge on any atom is 0.333 e.